The van der Waals surface area contributed by atoms with E-state index in [0.717, 1.165) is 11.1 Å². The lowest BCUT2D eigenvalue weighted by Gasteiger charge is -2.07. The molecule has 0 saturated heterocycles. The van der Waals surface area contributed by atoms with Crippen molar-refractivity contribution >= 4 is 10.0 Å². The molecule has 0 saturated carbocycles. The van der Waals surface area contributed by atoms with E-state index in [1.54, 1.807) is 48.8 Å². The van der Waals surface area contributed by atoms with Crippen LogP contribution >= 0.6 is 0 Å². The van der Waals surface area contributed by atoms with Crippen LogP contribution in [0.4, 0.5) is 0 Å². The lowest BCUT2D eigenvalue weighted by Crippen LogP contribution is -2.23. The largest absolute Gasteiger partial charge is 0.326 e. The zero-order valence-electron chi connectivity index (χ0n) is 10.3. The Kier molecular flexibility index (Phi) is 4.26. The van der Waals surface area contributed by atoms with Gasteiger partial charge in [0.1, 0.15) is 0 Å². The number of pyridine rings is 1. The number of hydrogen-bond acceptors (Lipinski definition) is 4. The molecule has 0 aliphatic carbocycles. The van der Waals surface area contributed by atoms with Gasteiger partial charge in [-0.1, -0.05) is 12.1 Å². The molecule has 0 amide bonds. The molecule has 5 nitrogen and oxygen atoms in total. The van der Waals surface area contributed by atoms with Crippen molar-refractivity contribution < 1.29 is 8.42 Å². The zero-order valence-corrected chi connectivity index (χ0v) is 11.1. The van der Waals surface area contributed by atoms with Crippen molar-refractivity contribution in [2.24, 2.45) is 5.73 Å². The van der Waals surface area contributed by atoms with E-state index in [1.807, 2.05) is 0 Å². The second-order valence-corrected chi connectivity index (χ2v) is 5.80. The number of nitrogens with one attached hydrogen (secondary N) is 1. The van der Waals surface area contributed by atoms with Gasteiger partial charge in [-0.25, -0.2) is 13.1 Å². The molecule has 0 aliphatic heterocycles. The topological polar surface area (TPSA) is 85.1 Å². The highest BCUT2D eigenvalue weighted by atomic mass is 32.2. The van der Waals surface area contributed by atoms with Crippen LogP contribution in [0.25, 0.3) is 0 Å². The third-order valence-corrected chi connectivity index (χ3v) is 4.10. The molecule has 1 heterocycles. The first-order chi connectivity index (χ1) is 9.12. The summed E-state index contributed by atoms with van der Waals surface area (Å²) in [6.45, 7) is 0.633. The quantitative estimate of drug-likeness (QED) is 0.854. The van der Waals surface area contributed by atoms with E-state index >= 15 is 0 Å². The molecule has 0 bridgehead atoms. The number of benzene rings is 1. The molecular weight excluding hydrogens is 262 g/mol. The van der Waals surface area contributed by atoms with Gasteiger partial charge in [0.15, 0.2) is 0 Å². The molecule has 2 rings (SSSR count). The molecule has 6 heteroatoms. The van der Waals surface area contributed by atoms with Crippen molar-refractivity contribution in [1.29, 1.82) is 0 Å². The lowest BCUT2D eigenvalue weighted by molar-refractivity contribution is 0.581. The number of sulfonamides is 1. The fourth-order valence-corrected chi connectivity index (χ4v) is 2.58. The monoisotopic (exact) mass is 277 g/mol. The van der Waals surface area contributed by atoms with Crippen LogP contribution in [-0.2, 0) is 23.1 Å². The maximum absolute atomic E-state index is 12.0. The summed E-state index contributed by atoms with van der Waals surface area (Å²) in [5.74, 6) is 0. The maximum atomic E-state index is 12.0. The van der Waals surface area contributed by atoms with E-state index in [0.29, 0.717) is 6.54 Å². The first kappa shape index (κ1) is 13.7. The van der Waals surface area contributed by atoms with Crippen molar-refractivity contribution in [1.82, 2.24) is 9.71 Å². The van der Waals surface area contributed by atoms with Gasteiger partial charge < -0.3 is 5.73 Å². The minimum Gasteiger partial charge on any atom is -0.326 e. The molecule has 0 fully saturated rings. The van der Waals surface area contributed by atoms with E-state index in [1.165, 1.54) is 0 Å². The minimum atomic E-state index is -3.49. The van der Waals surface area contributed by atoms with E-state index in [2.05, 4.69) is 9.71 Å². The van der Waals surface area contributed by atoms with Crippen molar-refractivity contribution in [2.75, 3.05) is 0 Å². The Labute approximate surface area is 112 Å². The van der Waals surface area contributed by atoms with E-state index in [-0.39, 0.29) is 11.4 Å². The van der Waals surface area contributed by atoms with Crippen LogP contribution < -0.4 is 10.5 Å². The molecule has 1 aromatic heterocycles. The van der Waals surface area contributed by atoms with Crippen LogP contribution in [0.5, 0.6) is 0 Å². The van der Waals surface area contributed by atoms with E-state index < -0.39 is 10.0 Å². The Balaban J connectivity index is 2.09. The van der Waals surface area contributed by atoms with Crippen LogP contribution in [0.1, 0.15) is 11.1 Å². The van der Waals surface area contributed by atoms with Crippen molar-refractivity contribution in [3.05, 3.63) is 59.9 Å². The van der Waals surface area contributed by atoms with Crippen LogP contribution in [0, 0.1) is 0 Å². The highest BCUT2D eigenvalue weighted by Gasteiger charge is 2.13. The minimum absolute atomic E-state index is 0.235. The summed E-state index contributed by atoms with van der Waals surface area (Å²) < 4.78 is 26.6. The molecule has 3 N–H and O–H groups in total. The Morgan fingerprint density at radius 1 is 1.00 bits per heavy atom. The Bertz CT molecular complexity index is 625. The van der Waals surface area contributed by atoms with Gasteiger partial charge in [0.25, 0.3) is 0 Å². The average Bonchev–Trinajstić information content (AvgIpc) is 2.46. The molecule has 0 spiro atoms. The Hall–Kier alpha value is -1.76. The molecule has 100 valence electrons. The zero-order chi connectivity index (χ0) is 13.7. The second kappa shape index (κ2) is 5.92. The summed E-state index contributed by atoms with van der Waals surface area (Å²) in [7, 11) is -3.49. The summed E-state index contributed by atoms with van der Waals surface area (Å²) in [6, 6.07) is 10.1. The van der Waals surface area contributed by atoms with Crippen LogP contribution in [0.2, 0.25) is 0 Å². The van der Waals surface area contributed by atoms with Crippen molar-refractivity contribution in [3.63, 3.8) is 0 Å². The first-order valence-corrected chi connectivity index (χ1v) is 7.28. The molecule has 0 radical (unpaired) electrons. The van der Waals surface area contributed by atoms with E-state index in [9.17, 15) is 8.42 Å². The molecule has 0 aliphatic rings. The second-order valence-electron chi connectivity index (χ2n) is 4.03. The summed E-state index contributed by atoms with van der Waals surface area (Å²) in [6.07, 6.45) is 3.25. The van der Waals surface area contributed by atoms with Gasteiger partial charge in [0.05, 0.1) is 4.90 Å². The number of nitrogens with two attached hydrogens (primary N) is 1. The summed E-state index contributed by atoms with van der Waals surface area (Å²) in [5, 5.41) is 0. The van der Waals surface area contributed by atoms with Gasteiger partial charge in [0.2, 0.25) is 10.0 Å². The lowest BCUT2D eigenvalue weighted by atomic mass is 10.2. The molecule has 0 unspecified atom stereocenters. The molecular formula is C13H15N3O2S. The Morgan fingerprint density at radius 3 is 2.21 bits per heavy atom. The highest BCUT2D eigenvalue weighted by Crippen LogP contribution is 2.11. The SMILES string of the molecule is NCc1ccc(S(=O)(=O)NCc2ccncc2)cc1. The molecule has 2 aromatic rings. The van der Waals surface area contributed by atoms with Crippen LogP contribution in [0.3, 0.4) is 0 Å². The predicted octanol–water partition coefficient (Wildman–Crippen LogP) is 1.02. The van der Waals surface area contributed by atoms with E-state index in [4.69, 9.17) is 5.73 Å². The average molecular weight is 277 g/mol. The van der Waals surface area contributed by atoms with Gasteiger partial charge in [-0.05, 0) is 35.4 Å². The van der Waals surface area contributed by atoms with Gasteiger partial charge in [-0.15, -0.1) is 0 Å². The third kappa shape index (κ3) is 3.60. The Morgan fingerprint density at radius 2 is 1.63 bits per heavy atom. The summed E-state index contributed by atoms with van der Waals surface area (Å²) >= 11 is 0. The highest BCUT2D eigenvalue weighted by molar-refractivity contribution is 7.89. The normalized spacial score (nSPS) is 11.4. The fraction of sp³-hybridized carbons (Fsp3) is 0.154. The van der Waals surface area contributed by atoms with Gasteiger partial charge in [-0.2, -0.15) is 0 Å². The maximum Gasteiger partial charge on any atom is 0.240 e. The summed E-state index contributed by atoms with van der Waals surface area (Å²) in [4.78, 5) is 4.11. The first-order valence-electron chi connectivity index (χ1n) is 5.79. The van der Waals surface area contributed by atoms with Gasteiger partial charge >= 0.3 is 0 Å². The summed E-state index contributed by atoms with van der Waals surface area (Å²) in [5.41, 5.74) is 7.23. The predicted molar refractivity (Wildman–Crippen MR) is 72.6 cm³/mol. The number of aromatic nitrogens is 1. The smallest absolute Gasteiger partial charge is 0.240 e. The van der Waals surface area contributed by atoms with Crippen LogP contribution in [-0.4, -0.2) is 13.4 Å². The standard InChI is InChI=1S/C13H15N3O2S/c14-9-11-1-3-13(4-2-11)19(17,18)16-10-12-5-7-15-8-6-12/h1-8,16H,9-10,14H2. The van der Waals surface area contributed by atoms with Crippen LogP contribution in [0.15, 0.2) is 53.7 Å². The number of nitrogens with zero attached hydrogens (tertiary/aromatic N) is 1. The van der Waals surface area contributed by atoms with Gasteiger partial charge in [0, 0.05) is 25.5 Å². The fourth-order valence-electron chi connectivity index (χ4n) is 1.57. The molecule has 1 aromatic carbocycles. The number of rotatable bonds is 5. The van der Waals surface area contributed by atoms with Crippen molar-refractivity contribution in [2.45, 2.75) is 18.0 Å². The van der Waals surface area contributed by atoms with Gasteiger partial charge in [-0.3, -0.25) is 4.98 Å². The van der Waals surface area contributed by atoms with Crippen molar-refractivity contribution in [3.8, 4) is 0 Å². The number of hydrogen-bond donors (Lipinski definition) is 2. The molecule has 0 atom stereocenters. The third-order valence-electron chi connectivity index (χ3n) is 2.69. The molecule has 19 heavy (non-hydrogen) atoms.